The van der Waals surface area contributed by atoms with Crippen molar-refractivity contribution in [3.8, 4) is 0 Å². The Kier molecular flexibility index (Phi) is 6.90. The molecule has 0 aromatic heterocycles. The van der Waals surface area contributed by atoms with Crippen LogP contribution in [0.2, 0.25) is 0 Å². The minimum absolute atomic E-state index is 0.270. The van der Waals surface area contributed by atoms with Crippen LogP contribution in [0.1, 0.15) is 44.4 Å². The summed E-state index contributed by atoms with van der Waals surface area (Å²) in [6, 6.07) is 6.71. The molecule has 1 atom stereocenters. The van der Waals surface area contributed by atoms with E-state index in [0.29, 0.717) is 0 Å². The Labute approximate surface area is 119 Å². The van der Waals surface area contributed by atoms with E-state index in [9.17, 15) is 0 Å². The van der Waals surface area contributed by atoms with E-state index in [2.05, 4.69) is 67.1 Å². The van der Waals surface area contributed by atoms with Crippen molar-refractivity contribution in [3.05, 3.63) is 33.8 Å². The summed E-state index contributed by atoms with van der Waals surface area (Å²) in [4.78, 5) is 0. The number of nitrogens with one attached hydrogen (secondary N) is 1. The van der Waals surface area contributed by atoms with Crippen molar-refractivity contribution in [1.82, 2.24) is 5.32 Å². The summed E-state index contributed by atoms with van der Waals surface area (Å²) in [7, 11) is 0. The monoisotopic (exact) mass is 313 g/mol. The zero-order valence-corrected chi connectivity index (χ0v) is 13.4. The van der Waals surface area contributed by atoms with Gasteiger partial charge in [-0.3, -0.25) is 0 Å². The summed E-state index contributed by atoms with van der Waals surface area (Å²) in [5.41, 5.74) is 2.62. The van der Waals surface area contributed by atoms with Crippen molar-refractivity contribution < 1.29 is 4.74 Å². The van der Waals surface area contributed by atoms with Crippen molar-refractivity contribution in [1.29, 1.82) is 0 Å². The average Bonchev–Trinajstić information content (AvgIpc) is 2.30. The topological polar surface area (TPSA) is 21.3 Å². The fourth-order valence-electron chi connectivity index (χ4n) is 1.90. The number of ether oxygens (including phenoxy) is 1. The first-order valence-corrected chi connectivity index (χ1v) is 7.45. The third-order valence-electron chi connectivity index (χ3n) is 2.84. The second-order valence-electron chi connectivity index (χ2n) is 4.89. The summed E-state index contributed by atoms with van der Waals surface area (Å²) < 4.78 is 6.89. The lowest BCUT2D eigenvalue weighted by molar-refractivity contribution is 0.0610. The molecule has 1 N–H and O–H groups in total. The van der Waals surface area contributed by atoms with Crippen molar-refractivity contribution >= 4 is 15.9 Å². The van der Waals surface area contributed by atoms with Gasteiger partial charge < -0.3 is 10.1 Å². The Hall–Kier alpha value is -0.380. The van der Waals surface area contributed by atoms with Gasteiger partial charge in [-0.2, -0.15) is 0 Å². The third-order valence-corrected chi connectivity index (χ3v) is 3.34. The maximum atomic E-state index is 5.77. The molecule has 1 unspecified atom stereocenters. The fraction of sp³-hybridized carbons (Fsp3) is 0.600. The molecule has 0 amide bonds. The first-order valence-electron chi connectivity index (χ1n) is 6.65. The summed E-state index contributed by atoms with van der Waals surface area (Å²) >= 11 is 3.51. The number of hydrogen-bond acceptors (Lipinski definition) is 2. The molecule has 102 valence electrons. The molecular weight excluding hydrogens is 290 g/mol. The maximum Gasteiger partial charge on any atom is 0.0665 e. The second-order valence-corrected chi connectivity index (χ2v) is 5.81. The van der Waals surface area contributed by atoms with E-state index < -0.39 is 0 Å². The lowest BCUT2D eigenvalue weighted by Gasteiger charge is -2.22. The molecular formula is C15H24BrNO. The highest BCUT2D eigenvalue weighted by Crippen LogP contribution is 2.22. The van der Waals surface area contributed by atoms with E-state index in [-0.39, 0.29) is 12.1 Å². The van der Waals surface area contributed by atoms with Crippen LogP contribution in [0.4, 0.5) is 0 Å². The van der Waals surface area contributed by atoms with Gasteiger partial charge in [-0.05, 0) is 57.0 Å². The number of rotatable bonds is 7. The first-order chi connectivity index (χ1) is 8.54. The minimum Gasteiger partial charge on any atom is -0.377 e. The highest BCUT2D eigenvalue weighted by Gasteiger charge is 2.14. The van der Waals surface area contributed by atoms with Crippen LogP contribution >= 0.6 is 15.9 Å². The molecule has 0 radical (unpaired) electrons. The van der Waals surface area contributed by atoms with Crippen LogP contribution < -0.4 is 5.32 Å². The smallest absolute Gasteiger partial charge is 0.0665 e. The molecule has 0 bridgehead atoms. The van der Waals surface area contributed by atoms with Gasteiger partial charge in [0.2, 0.25) is 0 Å². The van der Waals surface area contributed by atoms with E-state index in [1.165, 1.54) is 11.1 Å². The molecule has 3 heteroatoms. The van der Waals surface area contributed by atoms with Gasteiger partial charge in [0.15, 0.2) is 0 Å². The molecule has 1 aromatic rings. The maximum absolute atomic E-state index is 5.77. The molecule has 1 aromatic carbocycles. The van der Waals surface area contributed by atoms with Crippen LogP contribution in [-0.2, 0) is 4.74 Å². The molecule has 0 aliphatic carbocycles. The molecule has 2 nitrogen and oxygen atoms in total. The zero-order valence-electron chi connectivity index (χ0n) is 11.8. The van der Waals surface area contributed by atoms with Crippen LogP contribution in [0.15, 0.2) is 22.7 Å². The van der Waals surface area contributed by atoms with Crippen molar-refractivity contribution in [2.75, 3.05) is 13.2 Å². The largest absolute Gasteiger partial charge is 0.377 e. The SMILES string of the molecule is CCCNC(COC(C)C)c1ccc(Br)cc1C. The summed E-state index contributed by atoms with van der Waals surface area (Å²) in [5, 5.41) is 3.56. The van der Waals surface area contributed by atoms with E-state index in [1.54, 1.807) is 0 Å². The normalized spacial score (nSPS) is 13.0. The van der Waals surface area contributed by atoms with E-state index >= 15 is 0 Å². The van der Waals surface area contributed by atoms with Crippen LogP contribution in [0.3, 0.4) is 0 Å². The molecule has 0 heterocycles. The minimum atomic E-state index is 0.270. The van der Waals surface area contributed by atoms with Gasteiger partial charge in [-0.25, -0.2) is 0 Å². The predicted octanol–water partition coefficient (Wildman–Crippen LogP) is 4.22. The van der Waals surface area contributed by atoms with E-state index in [4.69, 9.17) is 4.74 Å². The number of aryl methyl sites for hydroxylation is 1. The van der Waals surface area contributed by atoms with Gasteiger partial charge in [0.1, 0.15) is 0 Å². The van der Waals surface area contributed by atoms with Crippen LogP contribution in [0, 0.1) is 6.92 Å². The number of hydrogen-bond donors (Lipinski definition) is 1. The van der Waals surface area contributed by atoms with Gasteiger partial charge in [-0.1, -0.05) is 28.9 Å². The van der Waals surface area contributed by atoms with E-state index in [1.807, 2.05) is 0 Å². The molecule has 0 saturated heterocycles. The Morgan fingerprint density at radius 1 is 1.33 bits per heavy atom. The highest BCUT2D eigenvalue weighted by molar-refractivity contribution is 9.10. The Bertz CT molecular complexity index is 366. The highest BCUT2D eigenvalue weighted by atomic mass is 79.9. The standard InChI is InChI=1S/C15H24BrNO/c1-5-8-17-15(10-18-11(2)3)14-7-6-13(16)9-12(14)4/h6-7,9,11,15,17H,5,8,10H2,1-4H3. The zero-order chi connectivity index (χ0) is 13.5. The molecule has 0 aliphatic heterocycles. The molecule has 0 spiro atoms. The van der Waals surface area contributed by atoms with Gasteiger partial charge >= 0.3 is 0 Å². The van der Waals surface area contributed by atoms with E-state index in [0.717, 1.165) is 24.0 Å². The van der Waals surface area contributed by atoms with Gasteiger partial charge in [-0.15, -0.1) is 0 Å². The second kappa shape index (κ2) is 7.93. The summed E-state index contributed by atoms with van der Waals surface area (Å²) in [6.07, 6.45) is 1.40. The Balaban J connectivity index is 2.79. The quantitative estimate of drug-likeness (QED) is 0.813. The van der Waals surface area contributed by atoms with Crippen LogP contribution in [0.25, 0.3) is 0 Å². The van der Waals surface area contributed by atoms with Crippen LogP contribution in [0.5, 0.6) is 0 Å². The molecule has 18 heavy (non-hydrogen) atoms. The predicted molar refractivity (Wildman–Crippen MR) is 81.0 cm³/mol. The van der Waals surface area contributed by atoms with Gasteiger partial charge in [0, 0.05) is 4.47 Å². The van der Waals surface area contributed by atoms with Crippen molar-refractivity contribution in [2.45, 2.75) is 46.3 Å². The average molecular weight is 314 g/mol. The van der Waals surface area contributed by atoms with Crippen molar-refractivity contribution in [3.63, 3.8) is 0 Å². The fourth-order valence-corrected chi connectivity index (χ4v) is 2.37. The summed E-state index contributed by atoms with van der Waals surface area (Å²) in [6.45, 7) is 10.2. The Morgan fingerprint density at radius 3 is 2.61 bits per heavy atom. The molecule has 1 rings (SSSR count). The number of benzene rings is 1. The first kappa shape index (κ1) is 15.7. The summed E-state index contributed by atoms with van der Waals surface area (Å²) in [5.74, 6) is 0. The lowest BCUT2D eigenvalue weighted by atomic mass is 10.0. The lowest BCUT2D eigenvalue weighted by Crippen LogP contribution is -2.28. The van der Waals surface area contributed by atoms with Gasteiger partial charge in [0.05, 0.1) is 18.8 Å². The third kappa shape index (κ3) is 5.09. The van der Waals surface area contributed by atoms with Crippen LogP contribution in [-0.4, -0.2) is 19.3 Å². The van der Waals surface area contributed by atoms with Crippen molar-refractivity contribution in [2.24, 2.45) is 0 Å². The molecule has 0 aliphatic rings. The molecule has 0 saturated carbocycles. The van der Waals surface area contributed by atoms with Gasteiger partial charge in [0.25, 0.3) is 0 Å². The Morgan fingerprint density at radius 2 is 2.06 bits per heavy atom. The number of halogens is 1. The molecule has 0 fully saturated rings.